The standard InChI is InChI=1S/C16H16N4/c17-14-6-5-12(10-15(14)18)9-13-3-1-2-4-16(13)20-8-7-19-11-20/h1-8,10-11H,9,17-18H2. The molecule has 0 atom stereocenters. The smallest absolute Gasteiger partial charge is 0.0991 e. The third-order valence-corrected chi connectivity index (χ3v) is 3.32. The van der Waals surface area contributed by atoms with Gasteiger partial charge in [0.2, 0.25) is 0 Å². The second kappa shape index (κ2) is 5.09. The van der Waals surface area contributed by atoms with Crippen molar-refractivity contribution in [1.29, 1.82) is 0 Å². The summed E-state index contributed by atoms with van der Waals surface area (Å²) in [4.78, 5) is 4.10. The van der Waals surface area contributed by atoms with E-state index in [1.165, 1.54) is 5.56 Å². The van der Waals surface area contributed by atoms with E-state index >= 15 is 0 Å². The molecule has 1 aromatic heterocycles. The molecule has 0 unspecified atom stereocenters. The summed E-state index contributed by atoms with van der Waals surface area (Å²) in [5.41, 5.74) is 16.4. The molecule has 0 saturated carbocycles. The first-order chi connectivity index (χ1) is 9.74. The highest BCUT2D eigenvalue weighted by Gasteiger charge is 2.05. The maximum atomic E-state index is 5.87. The Morgan fingerprint density at radius 3 is 2.60 bits per heavy atom. The van der Waals surface area contributed by atoms with Gasteiger partial charge in [0.15, 0.2) is 0 Å². The quantitative estimate of drug-likeness (QED) is 0.714. The molecule has 20 heavy (non-hydrogen) atoms. The minimum atomic E-state index is 0.622. The molecule has 0 fully saturated rings. The van der Waals surface area contributed by atoms with E-state index in [1.807, 2.05) is 41.1 Å². The summed E-state index contributed by atoms with van der Waals surface area (Å²) in [5, 5.41) is 0. The second-order valence-corrected chi connectivity index (χ2v) is 4.74. The van der Waals surface area contributed by atoms with Crippen molar-refractivity contribution in [3.05, 3.63) is 72.3 Å². The lowest BCUT2D eigenvalue weighted by atomic mass is 10.0. The summed E-state index contributed by atoms with van der Waals surface area (Å²) in [6.45, 7) is 0. The van der Waals surface area contributed by atoms with Gasteiger partial charge in [-0.1, -0.05) is 24.3 Å². The van der Waals surface area contributed by atoms with Gasteiger partial charge in [-0.3, -0.25) is 0 Å². The molecule has 0 radical (unpaired) electrons. The molecule has 2 aromatic carbocycles. The number of hydrogen-bond acceptors (Lipinski definition) is 3. The van der Waals surface area contributed by atoms with Crippen molar-refractivity contribution in [2.75, 3.05) is 11.5 Å². The molecule has 3 rings (SSSR count). The number of rotatable bonds is 3. The van der Waals surface area contributed by atoms with E-state index in [9.17, 15) is 0 Å². The Labute approximate surface area is 117 Å². The second-order valence-electron chi connectivity index (χ2n) is 4.74. The molecule has 3 aromatic rings. The predicted octanol–water partition coefficient (Wildman–Crippen LogP) is 2.63. The molecule has 4 heteroatoms. The van der Waals surface area contributed by atoms with E-state index in [2.05, 4.69) is 17.1 Å². The number of nitrogen functional groups attached to an aromatic ring is 2. The fraction of sp³-hybridized carbons (Fsp3) is 0.0625. The van der Waals surface area contributed by atoms with Gasteiger partial charge < -0.3 is 16.0 Å². The minimum absolute atomic E-state index is 0.622. The highest BCUT2D eigenvalue weighted by atomic mass is 15.0. The number of anilines is 2. The lowest BCUT2D eigenvalue weighted by Gasteiger charge is -2.11. The number of nitrogens with two attached hydrogens (primary N) is 2. The molecule has 0 spiro atoms. The highest BCUT2D eigenvalue weighted by Crippen LogP contribution is 2.22. The van der Waals surface area contributed by atoms with Gasteiger partial charge in [-0.2, -0.15) is 0 Å². The molecule has 0 amide bonds. The van der Waals surface area contributed by atoms with Crippen LogP contribution in [0, 0.1) is 0 Å². The minimum Gasteiger partial charge on any atom is -0.397 e. The average molecular weight is 264 g/mol. The third-order valence-electron chi connectivity index (χ3n) is 3.32. The van der Waals surface area contributed by atoms with Crippen molar-refractivity contribution < 1.29 is 0 Å². The summed E-state index contributed by atoms with van der Waals surface area (Å²) in [5.74, 6) is 0. The first-order valence-electron chi connectivity index (χ1n) is 6.44. The van der Waals surface area contributed by atoms with Crippen LogP contribution in [0.4, 0.5) is 11.4 Å². The molecule has 4 nitrogen and oxygen atoms in total. The summed E-state index contributed by atoms with van der Waals surface area (Å²) >= 11 is 0. The topological polar surface area (TPSA) is 69.9 Å². The van der Waals surface area contributed by atoms with Gasteiger partial charge in [0, 0.05) is 18.1 Å². The monoisotopic (exact) mass is 264 g/mol. The predicted molar refractivity (Wildman–Crippen MR) is 81.6 cm³/mol. The average Bonchev–Trinajstić information content (AvgIpc) is 2.97. The zero-order valence-electron chi connectivity index (χ0n) is 11.0. The lowest BCUT2D eigenvalue weighted by molar-refractivity contribution is 1.02. The van der Waals surface area contributed by atoms with Crippen LogP contribution < -0.4 is 11.5 Å². The number of nitrogens with zero attached hydrogens (tertiary/aromatic N) is 2. The van der Waals surface area contributed by atoms with Crippen molar-refractivity contribution in [2.45, 2.75) is 6.42 Å². The molecule has 0 aliphatic carbocycles. The van der Waals surface area contributed by atoms with Gasteiger partial charge in [0.1, 0.15) is 0 Å². The van der Waals surface area contributed by atoms with Crippen molar-refractivity contribution in [2.24, 2.45) is 0 Å². The first-order valence-corrected chi connectivity index (χ1v) is 6.44. The number of benzene rings is 2. The zero-order chi connectivity index (χ0) is 13.9. The molecular formula is C16H16N4. The molecule has 1 heterocycles. The van der Waals surface area contributed by atoms with Crippen molar-refractivity contribution >= 4 is 11.4 Å². The van der Waals surface area contributed by atoms with Crippen LogP contribution in [0.25, 0.3) is 5.69 Å². The summed E-state index contributed by atoms with van der Waals surface area (Å²) in [7, 11) is 0. The molecule has 4 N–H and O–H groups in total. The van der Waals surface area contributed by atoms with Gasteiger partial charge >= 0.3 is 0 Å². The van der Waals surface area contributed by atoms with Crippen LogP contribution in [-0.2, 0) is 6.42 Å². The van der Waals surface area contributed by atoms with E-state index in [0.717, 1.165) is 17.7 Å². The van der Waals surface area contributed by atoms with E-state index < -0.39 is 0 Å². The molecule has 0 aliphatic heterocycles. The number of imidazole rings is 1. The Kier molecular flexibility index (Phi) is 3.13. The van der Waals surface area contributed by atoms with Crippen LogP contribution in [0.15, 0.2) is 61.2 Å². The Morgan fingerprint density at radius 2 is 1.85 bits per heavy atom. The lowest BCUT2D eigenvalue weighted by Crippen LogP contribution is -2.00. The Hall–Kier alpha value is -2.75. The molecule has 100 valence electrons. The van der Waals surface area contributed by atoms with Crippen LogP contribution in [0.5, 0.6) is 0 Å². The molecule has 0 saturated heterocycles. The Balaban J connectivity index is 1.97. The van der Waals surface area contributed by atoms with Gasteiger partial charge in [-0.25, -0.2) is 4.98 Å². The van der Waals surface area contributed by atoms with Crippen LogP contribution in [0.3, 0.4) is 0 Å². The molecule has 0 bridgehead atoms. The van der Waals surface area contributed by atoms with E-state index in [4.69, 9.17) is 11.5 Å². The SMILES string of the molecule is Nc1ccc(Cc2ccccc2-n2ccnc2)cc1N. The zero-order valence-corrected chi connectivity index (χ0v) is 11.0. The van der Waals surface area contributed by atoms with Crippen LogP contribution in [0.2, 0.25) is 0 Å². The van der Waals surface area contributed by atoms with Crippen LogP contribution in [-0.4, -0.2) is 9.55 Å². The summed E-state index contributed by atoms with van der Waals surface area (Å²) < 4.78 is 2.01. The maximum absolute atomic E-state index is 5.87. The third kappa shape index (κ3) is 2.36. The van der Waals surface area contributed by atoms with Crippen LogP contribution >= 0.6 is 0 Å². The first kappa shape index (κ1) is 12.3. The summed E-state index contributed by atoms with van der Waals surface area (Å²) in [6.07, 6.45) is 6.32. The van der Waals surface area contributed by atoms with Gasteiger partial charge in [-0.05, 0) is 35.7 Å². The maximum Gasteiger partial charge on any atom is 0.0991 e. The van der Waals surface area contributed by atoms with Crippen LogP contribution in [0.1, 0.15) is 11.1 Å². The van der Waals surface area contributed by atoms with E-state index in [-0.39, 0.29) is 0 Å². The van der Waals surface area contributed by atoms with Crippen molar-refractivity contribution in [3.8, 4) is 5.69 Å². The van der Waals surface area contributed by atoms with E-state index in [0.29, 0.717) is 11.4 Å². The fourth-order valence-corrected chi connectivity index (χ4v) is 2.27. The summed E-state index contributed by atoms with van der Waals surface area (Å²) in [6, 6.07) is 14.0. The number of hydrogen-bond donors (Lipinski definition) is 2. The van der Waals surface area contributed by atoms with E-state index in [1.54, 1.807) is 12.5 Å². The number of aromatic nitrogens is 2. The van der Waals surface area contributed by atoms with Gasteiger partial charge in [-0.15, -0.1) is 0 Å². The highest BCUT2D eigenvalue weighted by molar-refractivity contribution is 5.64. The van der Waals surface area contributed by atoms with Gasteiger partial charge in [0.25, 0.3) is 0 Å². The largest absolute Gasteiger partial charge is 0.397 e. The molecule has 0 aliphatic rings. The van der Waals surface area contributed by atoms with Crippen molar-refractivity contribution in [3.63, 3.8) is 0 Å². The number of para-hydroxylation sites is 1. The van der Waals surface area contributed by atoms with Gasteiger partial charge in [0.05, 0.1) is 17.7 Å². The normalized spacial score (nSPS) is 10.6. The van der Waals surface area contributed by atoms with Crippen molar-refractivity contribution in [1.82, 2.24) is 9.55 Å². The fourth-order valence-electron chi connectivity index (χ4n) is 2.27. The Morgan fingerprint density at radius 1 is 1.00 bits per heavy atom. The Bertz CT molecular complexity index is 717. The molecular weight excluding hydrogens is 248 g/mol.